The first-order valence-corrected chi connectivity index (χ1v) is 4.60. The van der Waals surface area contributed by atoms with E-state index in [0.717, 1.165) is 13.2 Å². The largest absolute Gasteiger partial charge is 0.381 e. The van der Waals surface area contributed by atoms with Crippen molar-refractivity contribution in [2.45, 2.75) is 40.5 Å². The summed E-state index contributed by atoms with van der Waals surface area (Å²) in [6.07, 6.45) is 2.49. The van der Waals surface area contributed by atoms with Gasteiger partial charge in [-0.1, -0.05) is 27.7 Å². The van der Waals surface area contributed by atoms with Crippen LogP contribution in [-0.4, -0.2) is 13.2 Å². The Morgan fingerprint density at radius 3 is 2.18 bits per heavy atom. The standard InChI is InChI=1S/C10H20O/c1-5-10(9(2,3)4)6-7-11-8-10/h5-8H2,1-4H3/t10-/m1/s1. The fourth-order valence-corrected chi connectivity index (χ4v) is 2.01. The molecule has 0 radical (unpaired) electrons. The van der Waals surface area contributed by atoms with Gasteiger partial charge in [0.15, 0.2) is 0 Å². The van der Waals surface area contributed by atoms with Crippen LogP contribution in [0.4, 0.5) is 0 Å². The average Bonchev–Trinajstić information content (AvgIpc) is 2.33. The summed E-state index contributed by atoms with van der Waals surface area (Å²) in [5, 5.41) is 0. The number of hydrogen-bond acceptors (Lipinski definition) is 1. The van der Waals surface area contributed by atoms with Crippen LogP contribution >= 0.6 is 0 Å². The van der Waals surface area contributed by atoms with Crippen molar-refractivity contribution >= 4 is 0 Å². The van der Waals surface area contributed by atoms with Gasteiger partial charge in [-0.3, -0.25) is 0 Å². The lowest BCUT2D eigenvalue weighted by Crippen LogP contribution is -2.35. The predicted octanol–water partition coefficient (Wildman–Crippen LogP) is 2.85. The molecule has 0 aromatic heterocycles. The quantitative estimate of drug-likeness (QED) is 0.567. The van der Waals surface area contributed by atoms with E-state index in [1.165, 1.54) is 12.8 Å². The molecule has 0 saturated carbocycles. The second kappa shape index (κ2) is 2.78. The molecule has 1 rings (SSSR count). The zero-order valence-corrected chi connectivity index (χ0v) is 8.24. The number of hydrogen-bond donors (Lipinski definition) is 0. The maximum Gasteiger partial charge on any atom is 0.0528 e. The molecule has 0 unspecified atom stereocenters. The Balaban J connectivity index is 2.75. The van der Waals surface area contributed by atoms with Gasteiger partial charge in [0.1, 0.15) is 0 Å². The third kappa shape index (κ3) is 1.44. The van der Waals surface area contributed by atoms with Gasteiger partial charge in [-0.2, -0.15) is 0 Å². The van der Waals surface area contributed by atoms with Crippen LogP contribution in [0.2, 0.25) is 0 Å². The first-order chi connectivity index (χ1) is 5.02. The van der Waals surface area contributed by atoms with Crippen molar-refractivity contribution in [2.75, 3.05) is 13.2 Å². The molecular formula is C10H20O. The Bertz CT molecular complexity index is 126. The summed E-state index contributed by atoms with van der Waals surface area (Å²) >= 11 is 0. The predicted molar refractivity (Wildman–Crippen MR) is 47.6 cm³/mol. The Morgan fingerprint density at radius 2 is 2.00 bits per heavy atom. The lowest BCUT2D eigenvalue weighted by atomic mass is 9.64. The zero-order valence-electron chi connectivity index (χ0n) is 8.24. The van der Waals surface area contributed by atoms with Gasteiger partial charge in [0.05, 0.1) is 6.61 Å². The second-order valence-electron chi connectivity index (χ2n) is 4.69. The van der Waals surface area contributed by atoms with Crippen LogP contribution in [-0.2, 0) is 4.74 Å². The Kier molecular flexibility index (Phi) is 2.29. The molecule has 1 fully saturated rings. The lowest BCUT2D eigenvalue weighted by Gasteiger charge is -2.40. The summed E-state index contributed by atoms with van der Waals surface area (Å²) in [4.78, 5) is 0. The maximum absolute atomic E-state index is 5.48. The van der Waals surface area contributed by atoms with Crippen molar-refractivity contribution in [3.05, 3.63) is 0 Å². The smallest absolute Gasteiger partial charge is 0.0528 e. The second-order valence-corrected chi connectivity index (χ2v) is 4.69. The minimum absolute atomic E-state index is 0.401. The molecule has 1 nitrogen and oxygen atoms in total. The molecule has 0 amide bonds. The molecule has 11 heavy (non-hydrogen) atoms. The van der Waals surface area contributed by atoms with Gasteiger partial charge in [-0.05, 0) is 18.3 Å². The minimum atomic E-state index is 0.401. The van der Waals surface area contributed by atoms with Crippen molar-refractivity contribution in [2.24, 2.45) is 10.8 Å². The van der Waals surface area contributed by atoms with Crippen LogP contribution in [0.25, 0.3) is 0 Å². The van der Waals surface area contributed by atoms with Gasteiger partial charge in [0, 0.05) is 12.0 Å². The van der Waals surface area contributed by atoms with E-state index in [1.54, 1.807) is 0 Å². The van der Waals surface area contributed by atoms with E-state index >= 15 is 0 Å². The minimum Gasteiger partial charge on any atom is -0.381 e. The molecule has 0 N–H and O–H groups in total. The summed E-state index contributed by atoms with van der Waals surface area (Å²) in [6, 6.07) is 0. The van der Waals surface area contributed by atoms with Crippen LogP contribution in [0, 0.1) is 10.8 Å². The van der Waals surface area contributed by atoms with Crippen molar-refractivity contribution in [3.63, 3.8) is 0 Å². The highest BCUT2D eigenvalue weighted by Gasteiger charge is 2.43. The normalized spacial score (nSPS) is 32.7. The van der Waals surface area contributed by atoms with E-state index in [2.05, 4.69) is 27.7 Å². The topological polar surface area (TPSA) is 9.23 Å². The van der Waals surface area contributed by atoms with E-state index in [4.69, 9.17) is 4.74 Å². The van der Waals surface area contributed by atoms with Gasteiger partial charge >= 0.3 is 0 Å². The molecule has 1 aliphatic rings. The molecule has 0 aromatic rings. The Hall–Kier alpha value is -0.0400. The lowest BCUT2D eigenvalue weighted by molar-refractivity contribution is 0.0568. The van der Waals surface area contributed by atoms with Crippen molar-refractivity contribution in [3.8, 4) is 0 Å². The van der Waals surface area contributed by atoms with Gasteiger partial charge < -0.3 is 4.74 Å². The average molecular weight is 156 g/mol. The van der Waals surface area contributed by atoms with Crippen LogP contribution in [0.5, 0.6) is 0 Å². The molecule has 1 saturated heterocycles. The van der Waals surface area contributed by atoms with Crippen molar-refractivity contribution in [1.29, 1.82) is 0 Å². The van der Waals surface area contributed by atoms with Crippen molar-refractivity contribution < 1.29 is 4.74 Å². The Morgan fingerprint density at radius 1 is 1.36 bits per heavy atom. The van der Waals surface area contributed by atoms with Gasteiger partial charge in [-0.25, -0.2) is 0 Å². The fraction of sp³-hybridized carbons (Fsp3) is 1.00. The molecule has 1 heteroatoms. The molecular weight excluding hydrogens is 136 g/mol. The van der Waals surface area contributed by atoms with Crippen LogP contribution < -0.4 is 0 Å². The van der Waals surface area contributed by atoms with E-state index in [9.17, 15) is 0 Å². The third-order valence-corrected chi connectivity index (χ3v) is 3.37. The molecule has 0 bridgehead atoms. The highest BCUT2D eigenvalue weighted by Crippen LogP contribution is 2.47. The first-order valence-electron chi connectivity index (χ1n) is 4.60. The summed E-state index contributed by atoms with van der Waals surface area (Å²) in [5.41, 5.74) is 0.852. The van der Waals surface area contributed by atoms with Crippen LogP contribution in [0.1, 0.15) is 40.5 Å². The van der Waals surface area contributed by atoms with Gasteiger partial charge in [0.2, 0.25) is 0 Å². The SMILES string of the molecule is CC[C@@]1(C(C)(C)C)CCOC1. The summed E-state index contributed by atoms with van der Waals surface area (Å²) in [6.45, 7) is 11.2. The van der Waals surface area contributed by atoms with Crippen LogP contribution in [0.15, 0.2) is 0 Å². The maximum atomic E-state index is 5.48. The third-order valence-electron chi connectivity index (χ3n) is 3.37. The highest BCUT2D eigenvalue weighted by atomic mass is 16.5. The van der Waals surface area contributed by atoms with Gasteiger partial charge in [0.25, 0.3) is 0 Å². The summed E-state index contributed by atoms with van der Waals surface area (Å²) in [7, 11) is 0. The van der Waals surface area contributed by atoms with E-state index < -0.39 is 0 Å². The first kappa shape index (κ1) is 9.05. The van der Waals surface area contributed by atoms with Crippen molar-refractivity contribution in [1.82, 2.24) is 0 Å². The monoisotopic (exact) mass is 156 g/mol. The summed E-state index contributed by atoms with van der Waals surface area (Å²) < 4.78 is 5.48. The molecule has 1 heterocycles. The summed E-state index contributed by atoms with van der Waals surface area (Å²) in [5.74, 6) is 0. The Labute approximate surface area is 70.1 Å². The molecule has 0 spiro atoms. The fourth-order valence-electron chi connectivity index (χ4n) is 2.01. The van der Waals surface area contributed by atoms with E-state index in [1.807, 2.05) is 0 Å². The molecule has 66 valence electrons. The molecule has 1 atom stereocenters. The van der Waals surface area contributed by atoms with E-state index in [0.29, 0.717) is 10.8 Å². The number of ether oxygens (including phenoxy) is 1. The molecule has 0 aliphatic carbocycles. The highest BCUT2D eigenvalue weighted by molar-refractivity contribution is 4.91. The molecule has 1 aliphatic heterocycles. The van der Waals surface area contributed by atoms with E-state index in [-0.39, 0.29) is 0 Å². The zero-order chi connectivity index (χ0) is 8.54. The molecule has 0 aromatic carbocycles. The van der Waals surface area contributed by atoms with Gasteiger partial charge in [-0.15, -0.1) is 0 Å². The van der Waals surface area contributed by atoms with Crippen LogP contribution in [0.3, 0.4) is 0 Å². The number of rotatable bonds is 1.